The third kappa shape index (κ3) is 4.30. The summed E-state index contributed by atoms with van der Waals surface area (Å²) in [5, 5.41) is 3.09. The van der Waals surface area contributed by atoms with Crippen LogP contribution in [0.2, 0.25) is 0 Å². The second-order valence-corrected chi connectivity index (χ2v) is 5.35. The minimum Gasteiger partial charge on any atom is -0.370 e. The molecule has 2 heterocycles. The summed E-state index contributed by atoms with van der Waals surface area (Å²) in [5.74, 6) is 2.77. The fourth-order valence-electron chi connectivity index (χ4n) is 1.81. The Morgan fingerprint density at radius 3 is 2.76 bits per heavy atom. The first-order valence-electron chi connectivity index (χ1n) is 7.05. The van der Waals surface area contributed by atoms with Crippen LogP contribution >= 0.6 is 0 Å². The number of aromatic nitrogens is 3. The van der Waals surface area contributed by atoms with Crippen LogP contribution in [-0.2, 0) is 6.54 Å². The molecule has 112 valence electrons. The Labute approximate surface area is 125 Å². The van der Waals surface area contributed by atoms with Gasteiger partial charge in [0.2, 0.25) is 0 Å². The summed E-state index contributed by atoms with van der Waals surface area (Å²) in [6.07, 6.45) is 5.47. The molecular formula is C15H22N6. The van der Waals surface area contributed by atoms with E-state index in [0.717, 1.165) is 23.8 Å². The molecule has 0 aromatic carbocycles. The van der Waals surface area contributed by atoms with E-state index in [-0.39, 0.29) is 0 Å². The van der Waals surface area contributed by atoms with Crippen molar-refractivity contribution in [2.24, 2.45) is 16.6 Å². The number of guanidine groups is 1. The first-order valence-corrected chi connectivity index (χ1v) is 7.05. The van der Waals surface area contributed by atoms with Gasteiger partial charge < -0.3 is 11.1 Å². The van der Waals surface area contributed by atoms with E-state index in [4.69, 9.17) is 5.73 Å². The molecule has 0 aliphatic rings. The molecule has 0 unspecified atom stereocenters. The van der Waals surface area contributed by atoms with Crippen LogP contribution < -0.4 is 11.1 Å². The van der Waals surface area contributed by atoms with Gasteiger partial charge in [0, 0.05) is 25.1 Å². The zero-order chi connectivity index (χ0) is 15.2. The monoisotopic (exact) mass is 286 g/mol. The van der Waals surface area contributed by atoms with Crippen molar-refractivity contribution in [3.05, 3.63) is 42.1 Å². The number of aliphatic imine (C=N–C) groups is 1. The summed E-state index contributed by atoms with van der Waals surface area (Å²) in [6.45, 7) is 7.54. The highest BCUT2D eigenvalue weighted by molar-refractivity contribution is 5.77. The van der Waals surface area contributed by atoms with Crippen LogP contribution in [0.5, 0.6) is 0 Å². The van der Waals surface area contributed by atoms with Crippen molar-refractivity contribution in [1.29, 1.82) is 0 Å². The van der Waals surface area contributed by atoms with E-state index in [1.165, 1.54) is 0 Å². The Balaban J connectivity index is 1.97. The van der Waals surface area contributed by atoms with E-state index in [0.29, 0.717) is 18.4 Å². The molecule has 0 radical (unpaired) electrons. The number of pyridine rings is 1. The lowest BCUT2D eigenvalue weighted by Crippen LogP contribution is -2.34. The predicted octanol–water partition coefficient (Wildman–Crippen LogP) is 1.64. The fourth-order valence-corrected chi connectivity index (χ4v) is 1.81. The van der Waals surface area contributed by atoms with Gasteiger partial charge in [-0.3, -0.25) is 4.57 Å². The molecule has 0 fully saturated rings. The molecule has 6 nitrogen and oxygen atoms in total. The molecule has 2 rings (SSSR count). The number of hydrogen-bond acceptors (Lipinski definition) is 3. The Hall–Kier alpha value is -2.37. The van der Waals surface area contributed by atoms with Crippen LogP contribution in [0, 0.1) is 12.8 Å². The van der Waals surface area contributed by atoms with Crippen molar-refractivity contribution >= 4 is 5.96 Å². The summed E-state index contributed by atoms with van der Waals surface area (Å²) in [7, 11) is 0. The van der Waals surface area contributed by atoms with Crippen LogP contribution in [0.3, 0.4) is 0 Å². The average molecular weight is 286 g/mol. The van der Waals surface area contributed by atoms with Gasteiger partial charge in [-0.15, -0.1) is 0 Å². The fraction of sp³-hybridized carbons (Fsp3) is 0.400. The zero-order valence-corrected chi connectivity index (χ0v) is 12.7. The molecule has 0 amide bonds. The molecule has 3 N–H and O–H groups in total. The molecule has 6 heteroatoms. The largest absolute Gasteiger partial charge is 0.370 e. The van der Waals surface area contributed by atoms with Gasteiger partial charge in [0.1, 0.15) is 11.6 Å². The Bertz CT molecular complexity index is 597. The molecule has 2 aromatic heterocycles. The van der Waals surface area contributed by atoms with Crippen molar-refractivity contribution in [2.45, 2.75) is 27.3 Å². The highest BCUT2D eigenvalue weighted by Gasteiger charge is 2.02. The van der Waals surface area contributed by atoms with Gasteiger partial charge in [0.15, 0.2) is 5.96 Å². The minimum atomic E-state index is 0.471. The predicted molar refractivity (Wildman–Crippen MR) is 84.3 cm³/mol. The van der Waals surface area contributed by atoms with Crippen LogP contribution in [0.25, 0.3) is 5.82 Å². The number of imidazole rings is 1. The maximum Gasteiger partial charge on any atom is 0.188 e. The number of aryl methyl sites for hydroxylation is 1. The summed E-state index contributed by atoms with van der Waals surface area (Å²) >= 11 is 0. The maximum atomic E-state index is 5.80. The Morgan fingerprint density at radius 2 is 2.19 bits per heavy atom. The number of hydrogen-bond donors (Lipinski definition) is 2. The normalized spacial score (nSPS) is 11.9. The Morgan fingerprint density at radius 1 is 1.38 bits per heavy atom. The number of nitrogens with zero attached hydrogens (tertiary/aromatic N) is 4. The maximum absolute atomic E-state index is 5.80. The summed E-state index contributed by atoms with van der Waals surface area (Å²) in [4.78, 5) is 12.9. The molecule has 0 saturated heterocycles. The SMILES string of the molecule is Cc1nccn1-c1ccc(CN=C(N)NCC(C)C)cn1. The lowest BCUT2D eigenvalue weighted by Gasteiger charge is -2.08. The van der Waals surface area contributed by atoms with Crippen LogP contribution in [0.4, 0.5) is 0 Å². The second-order valence-electron chi connectivity index (χ2n) is 5.35. The van der Waals surface area contributed by atoms with E-state index in [1.807, 2.05) is 36.0 Å². The van der Waals surface area contributed by atoms with Gasteiger partial charge in [-0.05, 0) is 24.5 Å². The summed E-state index contributed by atoms with van der Waals surface area (Å²) < 4.78 is 1.94. The van der Waals surface area contributed by atoms with Gasteiger partial charge in [0.05, 0.1) is 6.54 Å². The Kier molecular flexibility index (Phi) is 4.92. The van der Waals surface area contributed by atoms with Gasteiger partial charge >= 0.3 is 0 Å². The summed E-state index contributed by atoms with van der Waals surface area (Å²) in [6, 6.07) is 3.96. The molecule has 0 aliphatic heterocycles. The van der Waals surface area contributed by atoms with Crippen LogP contribution in [0.1, 0.15) is 25.2 Å². The number of nitrogens with one attached hydrogen (secondary N) is 1. The van der Waals surface area contributed by atoms with E-state index < -0.39 is 0 Å². The molecular weight excluding hydrogens is 264 g/mol. The van der Waals surface area contributed by atoms with Crippen LogP contribution in [0.15, 0.2) is 35.7 Å². The molecule has 0 atom stereocenters. The van der Waals surface area contributed by atoms with Crippen molar-refractivity contribution in [2.75, 3.05) is 6.54 Å². The van der Waals surface area contributed by atoms with Gasteiger partial charge in [-0.25, -0.2) is 15.0 Å². The third-order valence-corrected chi connectivity index (χ3v) is 3.01. The quantitative estimate of drug-likeness (QED) is 0.646. The molecule has 21 heavy (non-hydrogen) atoms. The highest BCUT2D eigenvalue weighted by atomic mass is 15.1. The van der Waals surface area contributed by atoms with E-state index in [1.54, 1.807) is 6.20 Å². The lowest BCUT2D eigenvalue weighted by atomic mass is 10.2. The standard InChI is InChI=1S/C15H22N6/c1-11(2)8-19-15(16)20-10-13-4-5-14(18-9-13)21-7-6-17-12(21)3/h4-7,9,11H,8,10H2,1-3H3,(H3,16,19,20). The third-order valence-electron chi connectivity index (χ3n) is 3.01. The first-order chi connectivity index (χ1) is 10.1. The van der Waals surface area contributed by atoms with Crippen molar-refractivity contribution in [1.82, 2.24) is 19.9 Å². The molecule has 0 aliphatic carbocycles. The van der Waals surface area contributed by atoms with E-state index in [9.17, 15) is 0 Å². The van der Waals surface area contributed by atoms with Crippen molar-refractivity contribution < 1.29 is 0 Å². The zero-order valence-electron chi connectivity index (χ0n) is 12.7. The summed E-state index contributed by atoms with van der Waals surface area (Å²) in [5.41, 5.74) is 6.82. The second kappa shape index (κ2) is 6.88. The van der Waals surface area contributed by atoms with Crippen molar-refractivity contribution in [3.63, 3.8) is 0 Å². The first kappa shape index (κ1) is 15.0. The average Bonchev–Trinajstić information content (AvgIpc) is 2.89. The molecule has 0 saturated carbocycles. The lowest BCUT2D eigenvalue weighted by molar-refractivity contribution is 0.622. The van der Waals surface area contributed by atoms with Crippen molar-refractivity contribution in [3.8, 4) is 5.82 Å². The molecule has 0 bridgehead atoms. The van der Waals surface area contributed by atoms with E-state index >= 15 is 0 Å². The topological polar surface area (TPSA) is 81.1 Å². The van der Waals surface area contributed by atoms with Gasteiger partial charge in [-0.1, -0.05) is 19.9 Å². The van der Waals surface area contributed by atoms with Crippen LogP contribution in [-0.4, -0.2) is 27.0 Å². The molecule has 2 aromatic rings. The highest BCUT2D eigenvalue weighted by Crippen LogP contribution is 2.08. The smallest absolute Gasteiger partial charge is 0.188 e. The number of nitrogens with two attached hydrogens (primary N) is 1. The van der Waals surface area contributed by atoms with Gasteiger partial charge in [0.25, 0.3) is 0 Å². The molecule has 0 spiro atoms. The number of rotatable bonds is 5. The van der Waals surface area contributed by atoms with Gasteiger partial charge in [-0.2, -0.15) is 0 Å². The minimum absolute atomic E-state index is 0.471. The van der Waals surface area contributed by atoms with E-state index in [2.05, 4.69) is 34.1 Å².